The Balaban J connectivity index is 0.000000706. The van der Waals surface area contributed by atoms with Crippen molar-refractivity contribution in [2.45, 2.75) is 38.3 Å². The molecule has 2 aliphatic heterocycles. The van der Waals surface area contributed by atoms with Crippen LogP contribution in [0.15, 0.2) is 48.8 Å². The van der Waals surface area contributed by atoms with Gasteiger partial charge in [-0.15, -0.1) is 0 Å². The molecule has 0 spiro atoms. The van der Waals surface area contributed by atoms with E-state index in [1.54, 1.807) is 12.4 Å². The lowest BCUT2D eigenvalue weighted by Crippen LogP contribution is -2.48. The molecular weight excluding hydrogens is 354 g/mol. The van der Waals surface area contributed by atoms with Crippen LogP contribution in [0.5, 0.6) is 0 Å². The maximum Gasteiger partial charge on any atom is 0.290 e. The van der Waals surface area contributed by atoms with Crippen molar-refractivity contribution in [3.63, 3.8) is 0 Å². The number of carboxylic acid groups (broad SMARTS) is 1. The number of aromatic nitrogens is 1. The number of likely N-dealkylation sites (tertiary alicyclic amines) is 1. The van der Waals surface area contributed by atoms with Crippen molar-refractivity contribution in [2.75, 3.05) is 19.6 Å². The van der Waals surface area contributed by atoms with E-state index in [4.69, 9.17) is 9.90 Å². The first-order valence-electron chi connectivity index (χ1n) is 9.76. The van der Waals surface area contributed by atoms with Crippen LogP contribution in [0.3, 0.4) is 0 Å². The Morgan fingerprint density at radius 1 is 1.07 bits per heavy atom. The largest absolute Gasteiger partial charge is 0.483 e. The Kier molecular flexibility index (Phi) is 7.14. The topological polar surface area (TPSA) is 73.7 Å². The molecule has 4 rings (SSSR count). The summed E-state index contributed by atoms with van der Waals surface area (Å²) < 4.78 is 0. The summed E-state index contributed by atoms with van der Waals surface area (Å²) in [5, 5.41) is 6.89. The molecule has 0 aliphatic carbocycles. The molecule has 0 radical (unpaired) electrons. The van der Waals surface area contributed by atoms with E-state index in [0.29, 0.717) is 12.5 Å². The molecule has 1 N–H and O–H groups in total. The maximum atomic E-state index is 12.5. The van der Waals surface area contributed by atoms with Crippen molar-refractivity contribution in [2.24, 2.45) is 0 Å². The van der Waals surface area contributed by atoms with Gasteiger partial charge in [0, 0.05) is 44.6 Å². The summed E-state index contributed by atoms with van der Waals surface area (Å²) >= 11 is 0. The first-order chi connectivity index (χ1) is 13.7. The van der Waals surface area contributed by atoms with Crippen molar-refractivity contribution in [3.05, 3.63) is 65.5 Å². The predicted molar refractivity (Wildman–Crippen MR) is 107 cm³/mol. The van der Waals surface area contributed by atoms with E-state index in [-0.39, 0.29) is 12.4 Å². The van der Waals surface area contributed by atoms with E-state index in [1.807, 2.05) is 17.0 Å². The highest BCUT2D eigenvalue weighted by Crippen LogP contribution is 2.25. The van der Waals surface area contributed by atoms with E-state index >= 15 is 0 Å². The van der Waals surface area contributed by atoms with Gasteiger partial charge in [0.1, 0.15) is 0 Å². The highest BCUT2D eigenvalue weighted by atomic mass is 16.3. The second-order valence-electron chi connectivity index (χ2n) is 7.24. The van der Waals surface area contributed by atoms with Crippen LogP contribution >= 0.6 is 0 Å². The average molecular weight is 381 g/mol. The number of piperidine rings is 1. The van der Waals surface area contributed by atoms with Crippen molar-refractivity contribution >= 4 is 12.4 Å². The van der Waals surface area contributed by atoms with Gasteiger partial charge in [0.15, 0.2) is 0 Å². The normalized spacial score (nSPS) is 17.2. The van der Waals surface area contributed by atoms with Crippen LogP contribution in [-0.4, -0.2) is 57.9 Å². The first kappa shape index (κ1) is 20.0. The van der Waals surface area contributed by atoms with E-state index < -0.39 is 0 Å². The van der Waals surface area contributed by atoms with Crippen LogP contribution in [-0.2, 0) is 29.0 Å². The number of benzene rings is 1. The molecule has 0 atom stereocenters. The molecule has 148 valence electrons. The van der Waals surface area contributed by atoms with Gasteiger partial charge in [-0.05, 0) is 48.1 Å². The van der Waals surface area contributed by atoms with Crippen LogP contribution in [0.2, 0.25) is 0 Å². The van der Waals surface area contributed by atoms with Crippen LogP contribution < -0.4 is 0 Å². The Labute approximate surface area is 165 Å². The van der Waals surface area contributed by atoms with Crippen LogP contribution in [0, 0.1) is 0 Å². The summed E-state index contributed by atoms with van der Waals surface area (Å²) in [6.07, 6.45) is 7.32. The number of nitrogens with zero attached hydrogens (tertiary/aromatic N) is 3. The SMILES string of the molecule is O=C(Cc1ccncc1)N1CCC(N2CCc3ccccc3C2)CC1.O=CO. The van der Waals surface area contributed by atoms with Gasteiger partial charge in [-0.2, -0.15) is 0 Å². The van der Waals surface area contributed by atoms with E-state index in [0.717, 1.165) is 51.0 Å². The second kappa shape index (κ2) is 9.99. The van der Waals surface area contributed by atoms with Gasteiger partial charge < -0.3 is 10.0 Å². The molecule has 0 saturated carbocycles. The third-order valence-electron chi connectivity index (χ3n) is 5.60. The van der Waals surface area contributed by atoms with Gasteiger partial charge in [-0.1, -0.05) is 24.3 Å². The zero-order valence-electron chi connectivity index (χ0n) is 16.0. The Hall–Kier alpha value is -2.73. The minimum Gasteiger partial charge on any atom is -0.483 e. The third kappa shape index (κ3) is 5.16. The monoisotopic (exact) mass is 381 g/mol. The third-order valence-corrected chi connectivity index (χ3v) is 5.60. The molecule has 2 aromatic rings. The summed E-state index contributed by atoms with van der Waals surface area (Å²) in [4.78, 5) is 29.5. The van der Waals surface area contributed by atoms with Crippen LogP contribution in [0.25, 0.3) is 0 Å². The van der Waals surface area contributed by atoms with Gasteiger partial charge in [-0.25, -0.2) is 0 Å². The standard InChI is InChI=1S/C21H25N3O.CH2O2/c25-21(15-17-5-10-22-11-6-17)23-13-8-20(9-14-23)24-12-7-18-3-1-2-4-19(18)16-24;2-1-3/h1-6,10-11,20H,7-9,12-16H2;1H,(H,2,3). The molecule has 1 fully saturated rings. The minimum atomic E-state index is -0.250. The molecule has 3 heterocycles. The number of fused-ring (bicyclic) bond motifs is 1. The predicted octanol–water partition coefficient (Wildman–Crippen LogP) is 2.37. The first-order valence-corrected chi connectivity index (χ1v) is 9.76. The van der Waals surface area contributed by atoms with Crippen molar-refractivity contribution < 1.29 is 14.7 Å². The summed E-state index contributed by atoms with van der Waals surface area (Å²) in [6, 6.07) is 13.3. The van der Waals surface area contributed by atoms with Crippen LogP contribution in [0.1, 0.15) is 29.5 Å². The van der Waals surface area contributed by atoms with Gasteiger partial charge in [0.2, 0.25) is 5.91 Å². The number of carbonyl (C=O) groups is 2. The van der Waals surface area contributed by atoms with E-state index in [1.165, 1.54) is 11.1 Å². The number of rotatable bonds is 3. The summed E-state index contributed by atoms with van der Waals surface area (Å²) in [6.45, 7) is 3.72. The van der Waals surface area contributed by atoms with Crippen molar-refractivity contribution in [1.29, 1.82) is 0 Å². The lowest BCUT2D eigenvalue weighted by molar-refractivity contribution is -0.132. The Morgan fingerprint density at radius 2 is 1.71 bits per heavy atom. The lowest BCUT2D eigenvalue weighted by Gasteiger charge is -2.40. The molecule has 2 aliphatic rings. The van der Waals surface area contributed by atoms with Crippen molar-refractivity contribution in [3.8, 4) is 0 Å². The van der Waals surface area contributed by atoms with Gasteiger partial charge in [0.25, 0.3) is 6.47 Å². The fraction of sp³-hybridized carbons (Fsp3) is 0.409. The highest BCUT2D eigenvalue weighted by molar-refractivity contribution is 5.78. The van der Waals surface area contributed by atoms with E-state index in [9.17, 15) is 4.79 Å². The van der Waals surface area contributed by atoms with E-state index in [2.05, 4.69) is 34.1 Å². The minimum absolute atomic E-state index is 0.244. The molecule has 6 heteroatoms. The Bertz CT molecular complexity index is 774. The zero-order valence-corrected chi connectivity index (χ0v) is 16.0. The quantitative estimate of drug-likeness (QED) is 0.827. The molecule has 1 amide bonds. The maximum absolute atomic E-state index is 12.5. The van der Waals surface area contributed by atoms with Crippen LogP contribution in [0.4, 0.5) is 0 Å². The molecule has 1 aromatic carbocycles. The number of pyridine rings is 1. The fourth-order valence-electron chi connectivity index (χ4n) is 4.10. The number of hydrogen-bond acceptors (Lipinski definition) is 4. The number of amides is 1. The molecule has 1 saturated heterocycles. The summed E-state index contributed by atoms with van der Waals surface area (Å²) in [5.41, 5.74) is 4.03. The smallest absolute Gasteiger partial charge is 0.290 e. The van der Waals surface area contributed by atoms with Gasteiger partial charge >= 0.3 is 0 Å². The fourth-order valence-corrected chi connectivity index (χ4v) is 4.10. The summed E-state index contributed by atoms with van der Waals surface area (Å²) in [5.74, 6) is 0.244. The highest BCUT2D eigenvalue weighted by Gasteiger charge is 2.28. The summed E-state index contributed by atoms with van der Waals surface area (Å²) in [7, 11) is 0. The average Bonchev–Trinajstić information content (AvgIpc) is 2.75. The lowest BCUT2D eigenvalue weighted by atomic mass is 9.95. The molecule has 28 heavy (non-hydrogen) atoms. The molecule has 0 unspecified atom stereocenters. The number of hydrogen-bond donors (Lipinski definition) is 1. The van der Waals surface area contributed by atoms with Gasteiger partial charge in [0.05, 0.1) is 6.42 Å². The molecule has 1 aromatic heterocycles. The molecule has 6 nitrogen and oxygen atoms in total. The number of carbonyl (C=O) groups excluding carboxylic acids is 1. The van der Waals surface area contributed by atoms with Gasteiger partial charge in [-0.3, -0.25) is 19.5 Å². The second-order valence-corrected chi connectivity index (χ2v) is 7.24. The molecule has 0 bridgehead atoms. The molecular formula is C22H27N3O3. The Morgan fingerprint density at radius 3 is 2.39 bits per heavy atom. The zero-order chi connectivity index (χ0) is 19.8. The van der Waals surface area contributed by atoms with Crippen molar-refractivity contribution in [1.82, 2.24) is 14.8 Å².